The second kappa shape index (κ2) is 3.70. The van der Waals surface area contributed by atoms with E-state index in [0.717, 1.165) is 11.3 Å². The molecule has 8 nitrogen and oxygen atoms in total. The lowest BCUT2D eigenvalue weighted by atomic mass is 10.5. The lowest BCUT2D eigenvalue weighted by Crippen LogP contribution is -2.12. The lowest BCUT2D eigenvalue weighted by Gasteiger charge is -1.86. The highest BCUT2D eigenvalue weighted by Crippen LogP contribution is 2.19. The van der Waals surface area contributed by atoms with Crippen LogP contribution < -0.4 is 11.5 Å². The predicted molar refractivity (Wildman–Crippen MR) is 54.5 cm³/mol. The van der Waals surface area contributed by atoms with Gasteiger partial charge in [0.1, 0.15) is 5.69 Å². The van der Waals surface area contributed by atoms with Gasteiger partial charge in [0.25, 0.3) is 11.8 Å². The van der Waals surface area contributed by atoms with Gasteiger partial charge in [-0.25, -0.2) is 9.97 Å². The van der Waals surface area contributed by atoms with Crippen molar-refractivity contribution in [1.29, 1.82) is 0 Å². The second-order valence-corrected chi connectivity index (χ2v) is 3.63. The molecule has 0 radical (unpaired) electrons. The average Bonchev–Trinajstić information content (AvgIpc) is 2.86. The van der Waals surface area contributed by atoms with Crippen molar-refractivity contribution in [2.24, 2.45) is 11.5 Å². The zero-order valence-electron chi connectivity index (χ0n) is 7.80. The molecule has 0 saturated carbocycles. The van der Waals surface area contributed by atoms with Crippen molar-refractivity contribution < 1.29 is 9.59 Å². The summed E-state index contributed by atoms with van der Waals surface area (Å²) in [6, 6.07) is 0. The van der Waals surface area contributed by atoms with Crippen molar-refractivity contribution in [2.75, 3.05) is 0 Å². The molecule has 2 aromatic heterocycles. The number of H-pyrrole nitrogens is 1. The van der Waals surface area contributed by atoms with Gasteiger partial charge in [-0.15, -0.1) is 16.4 Å². The van der Waals surface area contributed by atoms with Gasteiger partial charge in [0, 0.05) is 5.38 Å². The van der Waals surface area contributed by atoms with Crippen LogP contribution in [-0.2, 0) is 0 Å². The monoisotopic (exact) mass is 238 g/mol. The standard InChI is InChI=1S/C7H6N6O2S/c8-3(14)2-1-16-7(10-2)6-11-5(4(9)15)12-13-6/h1H,(H2,8,14)(H2,9,15)(H,11,12,13). The Kier molecular flexibility index (Phi) is 2.37. The number of nitrogens with zero attached hydrogens (tertiary/aromatic N) is 3. The molecule has 0 fully saturated rings. The maximum absolute atomic E-state index is 10.8. The van der Waals surface area contributed by atoms with E-state index in [-0.39, 0.29) is 17.3 Å². The van der Waals surface area contributed by atoms with Crippen molar-refractivity contribution in [3.8, 4) is 10.8 Å². The predicted octanol–water partition coefficient (Wildman–Crippen LogP) is -0.874. The Hall–Kier alpha value is -2.29. The van der Waals surface area contributed by atoms with Crippen LogP contribution in [0.4, 0.5) is 0 Å². The number of amides is 2. The minimum atomic E-state index is -0.741. The van der Waals surface area contributed by atoms with E-state index >= 15 is 0 Å². The number of hydrogen-bond acceptors (Lipinski definition) is 6. The van der Waals surface area contributed by atoms with Gasteiger partial charge in [0.05, 0.1) is 0 Å². The van der Waals surface area contributed by atoms with Crippen molar-refractivity contribution in [3.63, 3.8) is 0 Å². The SMILES string of the molecule is NC(=O)c1csc(-c2nc(C(N)=O)n[nH]2)n1. The molecule has 0 aliphatic heterocycles. The molecule has 0 atom stereocenters. The van der Waals surface area contributed by atoms with E-state index in [1.54, 1.807) is 0 Å². The highest BCUT2D eigenvalue weighted by atomic mass is 32.1. The Bertz CT molecular complexity index is 508. The van der Waals surface area contributed by atoms with Crippen LogP contribution in [0, 0.1) is 0 Å². The third kappa shape index (κ3) is 1.75. The fourth-order valence-electron chi connectivity index (χ4n) is 0.963. The Morgan fingerprint density at radius 1 is 1.25 bits per heavy atom. The summed E-state index contributed by atoms with van der Waals surface area (Å²) in [6.45, 7) is 0. The number of rotatable bonds is 3. The third-order valence-corrected chi connectivity index (χ3v) is 2.51. The van der Waals surface area contributed by atoms with E-state index in [2.05, 4.69) is 20.2 Å². The molecule has 0 bridgehead atoms. The summed E-state index contributed by atoms with van der Waals surface area (Å²) in [5, 5.41) is 7.98. The van der Waals surface area contributed by atoms with E-state index < -0.39 is 11.8 Å². The Morgan fingerprint density at radius 2 is 2.00 bits per heavy atom. The number of aromatic amines is 1. The highest BCUT2D eigenvalue weighted by Gasteiger charge is 2.14. The van der Waals surface area contributed by atoms with Crippen LogP contribution in [0.3, 0.4) is 0 Å². The summed E-state index contributed by atoms with van der Waals surface area (Å²) >= 11 is 1.16. The third-order valence-electron chi connectivity index (χ3n) is 1.67. The summed E-state index contributed by atoms with van der Waals surface area (Å²) in [5.74, 6) is -1.23. The summed E-state index contributed by atoms with van der Waals surface area (Å²) < 4.78 is 0. The van der Waals surface area contributed by atoms with E-state index in [9.17, 15) is 9.59 Å². The van der Waals surface area contributed by atoms with Gasteiger partial charge in [0.15, 0.2) is 10.8 Å². The molecule has 16 heavy (non-hydrogen) atoms. The zero-order chi connectivity index (χ0) is 11.7. The number of thiazole rings is 1. The largest absolute Gasteiger partial charge is 0.364 e. The molecule has 2 amide bonds. The average molecular weight is 238 g/mol. The Morgan fingerprint density at radius 3 is 2.50 bits per heavy atom. The summed E-state index contributed by atoms with van der Waals surface area (Å²) in [4.78, 5) is 29.3. The van der Waals surface area contributed by atoms with Crippen molar-refractivity contribution in [3.05, 3.63) is 16.9 Å². The van der Waals surface area contributed by atoms with Crippen LogP contribution in [0.25, 0.3) is 10.8 Å². The van der Waals surface area contributed by atoms with Crippen LogP contribution in [0.5, 0.6) is 0 Å². The molecule has 2 rings (SSSR count). The van der Waals surface area contributed by atoms with E-state index in [1.165, 1.54) is 5.38 Å². The first-order valence-corrected chi connectivity index (χ1v) is 4.94. The molecular weight excluding hydrogens is 232 g/mol. The van der Waals surface area contributed by atoms with Gasteiger partial charge in [-0.1, -0.05) is 0 Å². The summed E-state index contributed by atoms with van der Waals surface area (Å²) in [5.41, 5.74) is 10.2. The van der Waals surface area contributed by atoms with Crippen molar-refractivity contribution in [2.45, 2.75) is 0 Å². The molecule has 9 heteroatoms. The lowest BCUT2D eigenvalue weighted by molar-refractivity contribution is 0.0984. The molecule has 82 valence electrons. The first-order chi connectivity index (χ1) is 7.58. The number of carbonyl (C=O) groups is 2. The molecule has 0 saturated heterocycles. The van der Waals surface area contributed by atoms with Crippen molar-refractivity contribution >= 4 is 23.2 Å². The van der Waals surface area contributed by atoms with Gasteiger partial charge in [0.2, 0.25) is 5.82 Å². The van der Waals surface area contributed by atoms with E-state index in [0.29, 0.717) is 5.01 Å². The zero-order valence-corrected chi connectivity index (χ0v) is 8.61. The van der Waals surface area contributed by atoms with Gasteiger partial charge >= 0.3 is 0 Å². The smallest absolute Gasteiger partial charge is 0.288 e. The Balaban J connectivity index is 2.35. The molecule has 2 heterocycles. The van der Waals surface area contributed by atoms with Gasteiger partial charge in [-0.3, -0.25) is 14.7 Å². The maximum Gasteiger partial charge on any atom is 0.288 e. The molecule has 0 aliphatic carbocycles. The van der Waals surface area contributed by atoms with Crippen LogP contribution >= 0.6 is 11.3 Å². The van der Waals surface area contributed by atoms with Gasteiger partial charge in [-0.2, -0.15) is 0 Å². The summed E-state index contributed by atoms with van der Waals surface area (Å²) in [6.07, 6.45) is 0. The molecule has 5 N–H and O–H groups in total. The topological polar surface area (TPSA) is 141 Å². The second-order valence-electron chi connectivity index (χ2n) is 2.77. The van der Waals surface area contributed by atoms with Crippen LogP contribution in [0.1, 0.15) is 21.1 Å². The minimum absolute atomic E-state index is 0.133. The number of hydrogen-bond donors (Lipinski definition) is 3. The number of aromatic nitrogens is 4. The molecule has 0 unspecified atom stereocenters. The Labute approximate surface area is 92.7 Å². The summed E-state index contributed by atoms with van der Waals surface area (Å²) in [7, 11) is 0. The van der Waals surface area contributed by atoms with Crippen LogP contribution in [0.2, 0.25) is 0 Å². The quantitative estimate of drug-likeness (QED) is 0.637. The fraction of sp³-hybridized carbons (Fsp3) is 0. The highest BCUT2D eigenvalue weighted by molar-refractivity contribution is 7.13. The van der Waals surface area contributed by atoms with Crippen LogP contribution in [-0.4, -0.2) is 32.0 Å². The molecule has 0 spiro atoms. The van der Waals surface area contributed by atoms with Crippen molar-refractivity contribution in [1.82, 2.24) is 20.2 Å². The molecule has 0 aliphatic rings. The number of primary amides is 2. The van der Waals surface area contributed by atoms with E-state index in [4.69, 9.17) is 11.5 Å². The minimum Gasteiger partial charge on any atom is -0.364 e. The molecule has 2 aromatic rings. The van der Waals surface area contributed by atoms with E-state index in [1.807, 2.05) is 0 Å². The number of nitrogens with two attached hydrogens (primary N) is 2. The van der Waals surface area contributed by atoms with Gasteiger partial charge in [-0.05, 0) is 0 Å². The number of carbonyl (C=O) groups excluding carboxylic acids is 2. The molecule has 0 aromatic carbocycles. The molecular formula is C7H6N6O2S. The first-order valence-electron chi connectivity index (χ1n) is 4.06. The van der Waals surface area contributed by atoms with Crippen LogP contribution in [0.15, 0.2) is 5.38 Å². The number of nitrogens with one attached hydrogen (secondary N) is 1. The maximum atomic E-state index is 10.8. The first kappa shape index (κ1) is 10.2. The fourth-order valence-corrected chi connectivity index (χ4v) is 1.71. The normalized spacial score (nSPS) is 10.2. The van der Waals surface area contributed by atoms with Gasteiger partial charge < -0.3 is 11.5 Å².